The summed E-state index contributed by atoms with van der Waals surface area (Å²) in [7, 11) is 2.15. The van der Waals surface area contributed by atoms with Crippen LogP contribution >= 0.6 is 0 Å². The third kappa shape index (κ3) is 2.14. The molecule has 1 aromatic heterocycles. The van der Waals surface area contributed by atoms with Gasteiger partial charge in [0.2, 0.25) is 5.91 Å². The van der Waals surface area contributed by atoms with Crippen LogP contribution in [0, 0.1) is 18.3 Å². The molecule has 19 heavy (non-hydrogen) atoms. The number of aromatic nitrogens is 2. The fourth-order valence-corrected chi connectivity index (χ4v) is 3.49. The summed E-state index contributed by atoms with van der Waals surface area (Å²) in [6, 6.07) is 0. The molecule has 0 unspecified atom stereocenters. The molecule has 0 radical (unpaired) electrons. The summed E-state index contributed by atoms with van der Waals surface area (Å²) in [6.07, 6.45) is 0.300. The molecule has 3 rings (SSSR count). The summed E-state index contributed by atoms with van der Waals surface area (Å²) in [4.78, 5) is 16.7. The van der Waals surface area contributed by atoms with Gasteiger partial charge in [0.1, 0.15) is 11.4 Å². The molecular formula is C13H20N4O2. The van der Waals surface area contributed by atoms with Crippen LogP contribution < -0.4 is 0 Å². The second-order valence-corrected chi connectivity index (χ2v) is 6.30. The molecule has 2 saturated heterocycles. The lowest BCUT2D eigenvalue weighted by atomic mass is 9.83. The van der Waals surface area contributed by atoms with Crippen LogP contribution in [0.4, 0.5) is 0 Å². The third-order valence-electron chi connectivity index (χ3n) is 4.56. The van der Waals surface area contributed by atoms with E-state index < -0.39 is 0 Å². The van der Waals surface area contributed by atoms with Crippen molar-refractivity contribution in [2.45, 2.75) is 20.3 Å². The topological polar surface area (TPSA) is 62.5 Å². The van der Waals surface area contributed by atoms with Crippen LogP contribution in [0.1, 0.15) is 18.3 Å². The fourth-order valence-electron chi connectivity index (χ4n) is 3.49. The van der Waals surface area contributed by atoms with E-state index in [1.54, 1.807) is 0 Å². The first-order valence-electron chi connectivity index (χ1n) is 6.72. The number of fused-ring (bicyclic) bond motifs is 1. The minimum atomic E-state index is 0.136. The summed E-state index contributed by atoms with van der Waals surface area (Å²) in [5, 5.41) is 7.50. The lowest BCUT2D eigenvalue weighted by Gasteiger charge is -2.23. The SMILES string of the molecule is Cc1nonc1CC(=O)N1C[C@H]2CN(C)C[C@@]2(C)C1. The Kier molecular flexibility index (Phi) is 2.85. The quantitative estimate of drug-likeness (QED) is 0.770. The molecule has 104 valence electrons. The zero-order valence-corrected chi connectivity index (χ0v) is 11.7. The molecule has 2 fully saturated rings. The van der Waals surface area contributed by atoms with Gasteiger partial charge in [-0.1, -0.05) is 17.2 Å². The van der Waals surface area contributed by atoms with Gasteiger partial charge in [-0.3, -0.25) is 4.79 Å². The molecule has 1 aromatic rings. The smallest absolute Gasteiger partial charge is 0.228 e. The van der Waals surface area contributed by atoms with Gasteiger partial charge in [0.25, 0.3) is 0 Å². The maximum Gasteiger partial charge on any atom is 0.228 e. The van der Waals surface area contributed by atoms with Gasteiger partial charge in [-0.25, -0.2) is 4.63 Å². The molecule has 0 bridgehead atoms. The largest absolute Gasteiger partial charge is 0.341 e. The number of carbonyl (C=O) groups excluding carboxylic acids is 1. The van der Waals surface area contributed by atoms with Crippen LogP contribution in [-0.4, -0.2) is 59.2 Å². The number of carbonyl (C=O) groups is 1. The fraction of sp³-hybridized carbons (Fsp3) is 0.769. The third-order valence-corrected chi connectivity index (χ3v) is 4.56. The molecule has 2 aliphatic rings. The maximum atomic E-state index is 12.3. The Labute approximate surface area is 112 Å². The molecule has 0 saturated carbocycles. The molecular weight excluding hydrogens is 244 g/mol. The highest BCUT2D eigenvalue weighted by atomic mass is 16.6. The molecule has 2 aliphatic heterocycles. The van der Waals surface area contributed by atoms with Gasteiger partial charge >= 0.3 is 0 Å². The summed E-state index contributed by atoms with van der Waals surface area (Å²) in [6.45, 7) is 7.98. The standard InChI is InChI=1S/C13H20N4O2/c1-9-11(15-19-14-9)4-12(18)17-6-10-5-16(3)7-13(10,2)8-17/h10H,4-8H2,1-3H3/t10-,13+/m1/s1. The van der Waals surface area contributed by atoms with E-state index in [0.29, 0.717) is 23.7 Å². The van der Waals surface area contributed by atoms with Crippen LogP contribution in [0.2, 0.25) is 0 Å². The van der Waals surface area contributed by atoms with E-state index in [-0.39, 0.29) is 11.3 Å². The first-order valence-corrected chi connectivity index (χ1v) is 6.72. The minimum absolute atomic E-state index is 0.136. The first-order chi connectivity index (χ1) is 8.98. The molecule has 3 heterocycles. The van der Waals surface area contributed by atoms with Gasteiger partial charge in [0, 0.05) is 31.6 Å². The second-order valence-electron chi connectivity index (χ2n) is 6.30. The maximum absolute atomic E-state index is 12.3. The number of rotatable bonds is 2. The lowest BCUT2D eigenvalue weighted by molar-refractivity contribution is -0.130. The van der Waals surface area contributed by atoms with Crippen molar-refractivity contribution in [1.29, 1.82) is 0 Å². The number of hydrogen-bond acceptors (Lipinski definition) is 5. The zero-order chi connectivity index (χ0) is 13.6. The Morgan fingerprint density at radius 1 is 1.42 bits per heavy atom. The molecule has 0 spiro atoms. The van der Waals surface area contributed by atoms with Gasteiger partial charge in [-0.05, 0) is 19.9 Å². The van der Waals surface area contributed by atoms with E-state index in [1.165, 1.54) is 0 Å². The van der Waals surface area contributed by atoms with Crippen molar-refractivity contribution in [2.75, 3.05) is 33.2 Å². The van der Waals surface area contributed by atoms with Gasteiger partial charge in [-0.15, -0.1) is 0 Å². The van der Waals surface area contributed by atoms with E-state index in [9.17, 15) is 4.79 Å². The summed E-state index contributed by atoms with van der Waals surface area (Å²) < 4.78 is 4.64. The van der Waals surface area contributed by atoms with Gasteiger partial charge in [0.15, 0.2) is 0 Å². The number of hydrogen-bond donors (Lipinski definition) is 0. The molecule has 6 nitrogen and oxygen atoms in total. The van der Waals surface area contributed by atoms with E-state index in [1.807, 2.05) is 11.8 Å². The van der Waals surface area contributed by atoms with Crippen molar-refractivity contribution in [3.63, 3.8) is 0 Å². The van der Waals surface area contributed by atoms with Crippen LogP contribution in [0.5, 0.6) is 0 Å². The van der Waals surface area contributed by atoms with E-state index >= 15 is 0 Å². The monoisotopic (exact) mass is 264 g/mol. The van der Waals surface area contributed by atoms with Crippen molar-refractivity contribution in [2.24, 2.45) is 11.3 Å². The van der Waals surface area contributed by atoms with Crippen LogP contribution in [-0.2, 0) is 11.2 Å². The highest BCUT2D eigenvalue weighted by Crippen LogP contribution is 2.41. The van der Waals surface area contributed by atoms with E-state index in [4.69, 9.17) is 0 Å². The zero-order valence-electron chi connectivity index (χ0n) is 11.7. The lowest BCUT2D eigenvalue weighted by Crippen LogP contribution is -2.35. The van der Waals surface area contributed by atoms with Crippen molar-refractivity contribution < 1.29 is 9.42 Å². The van der Waals surface area contributed by atoms with Crippen LogP contribution in [0.25, 0.3) is 0 Å². The predicted octanol–water partition coefficient (Wildman–Crippen LogP) is 0.331. The van der Waals surface area contributed by atoms with Gasteiger partial charge < -0.3 is 9.80 Å². The van der Waals surface area contributed by atoms with Gasteiger partial charge in [-0.2, -0.15) is 0 Å². The molecule has 0 N–H and O–H groups in total. The van der Waals surface area contributed by atoms with Crippen molar-refractivity contribution in [1.82, 2.24) is 20.1 Å². The average Bonchev–Trinajstić information content (AvgIpc) is 2.91. The van der Waals surface area contributed by atoms with Crippen molar-refractivity contribution in [3.8, 4) is 0 Å². The minimum Gasteiger partial charge on any atom is -0.341 e. The van der Waals surface area contributed by atoms with Crippen molar-refractivity contribution in [3.05, 3.63) is 11.4 Å². The molecule has 0 aliphatic carbocycles. The number of amides is 1. The molecule has 1 amide bonds. The number of aryl methyl sites for hydroxylation is 1. The Morgan fingerprint density at radius 2 is 2.21 bits per heavy atom. The van der Waals surface area contributed by atoms with Crippen LogP contribution in [0.15, 0.2) is 4.63 Å². The van der Waals surface area contributed by atoms with Crippen LogP contribution in [0.3, 0.4) is 0 Å². The summed E-state index contributed by atoms with van der Waals surface area (Å²) in [5.74, 6) is 0.732. The normalized spacial score (nSPS) is 30.9. The average molecular weight is 264 g/mol. The highest BCUT2D eigenvalue weighted by molar-refractivity contribution is 5.79. The summed E-state index contributed by atoms with van der Waals surface area (Å²) in [5.41, 5.74) is 1.62. The Balaban J connectivity index is 1.66. The molecule has 6 heteroatoms. The van der Waals surface area contributed by atoms with Gasteiger partial charge in [0.05, 0.1) is 6.42 Å². The van der Waals surface area contributed by atoms with Crippen molar-refractivity contribution >= 4 is 5.91 Å². The Bertz CT molecular complexity index is 501. The van der Waals surface area contributed by atoms with E-state index in [2.05, 4.69) is 33.8 Å². The summed E-state index contributed by atoms with van der Waals surface area (Å²) >= 11 is 0. The Morgan fingerprint density at radius 3 is 2.84 bits per heavy atom. The molecule has 0 aromatic carbocycles. The molecule has 2 atom stereocenters. The first kappa shape index (κ1) is 12.6. The highest BCUT2D eigenvalue weighted by Gasteiger charge is 2.49. The number of nitrogens with zero attached hydrogens (tertiary/aromatic N) is 4. The van der Waals surface area contributed by atoms with E-state index in [0.717, 1.165) is 26.2 Å². The predicted molar refractivity (Wildman–Crippen MR) is 68.4 cm³/mol. The second kappa shape index (κ2) is 4.30. The Hall–Kier alpha value is -1.43. The number of likely N-dealkylation sites (tertiary alicyclic amines) is 2.